The molecular weight excluding hydrogens is 329 g/mol. The van der Waals surface area contributed by atoms with Crippen LogP contribution in [0.4, 0.5) is 18.0 Å². The molecule has 0 heterocycles. The fraction of sp³-hybridized carbons (Fsp3) is 0.125. The van der Waals surface area contributed by atoms with Crippen molar-refractivity contribution in [3.8, 4) is 11.5 Å². The summed E-state index contributed by atoms with van der Waals surface area (Å²) in [6, 6.07) is 9.72. The van der Waals surface area contributed by atoms with E-state index in [2.05, 4.69) is 4.74 Å². The molecule has 2 rings (SSSR count). The maximum Gasteiger partial charge on any atom is 0.513 e. The first-order chi connectivity index (χ1) is 11.3. The summed E-state index contributed by atoms with van der Waals surface area (Å²) in [6.07, 6.45) is -5.77. The van der Waals surface area contributed by atoms with Gasteiger partial charge in [0.15, 0.2) is 11.5 Å². The molecule has 0 radical (unpaired) electrons. The van der Waals surface area contributed by atoms with Gasteiger partial charge in [0.05, 0.1) is 18.2 Å². The number of para-hydroxylation sites is 2. The molecule has 0 aliphatic carbocycles. The molecule has 0 N–H and O–H groups in total. The minimum absolute atomic E-state index is 0.165. The summed E-state index contributed by atoms with van der Waals surface area (Å²) in [6.45, 7) is 0. The smallest absolute Gasteiger partial charge is 0.437 e. The molecule has 0 atom stereocenters. The van der Waals surface area contributed by atoms with E-state index >= 15 is 0 Å². The quantitative estimate of drug-likeness (QED) is 0.479. The first-order valence-corrected chi connectivity index (χ1v) is 6.56. The van der Waals surface area contributed by atoms with E-state index in [0.29, 0.717) is 0 Å². The van der Waals surface area contributed by atoms with Gasteiger partial charge in [-0.2, -0.15) is 13.2 Å². The Bertz CT molecular complexity index is 755. The van der Waals surface area contributed by atoms with Crippen molar-refractivity contribution in [3.05, 3.63) is 59.7 Å². The summed E-state index contributed by atoms with van der Waals surface area (Å²) >= 11 is 0. The monoisotopic (exact) mass is 340 g/mol. The van der Waals surface area contributed by atoms with Gasteiger partial charge in [-0.15, -0.1) is 0 Å². The first kappa shape index (κ1) is 17.3. The molecule has 0 bridgehead atoms. The maximum absolute atomic E-state index is 13.0. The molecular formula is C16H11F3O5. The lowest BCUT2D eigenvalue weighted by molar-refractivity contribution is -0.138. The van der Waals surface area contributed by atoms with Gasteiger partial charge in [-0.25, -0.2) is 9.59 Å². The van der Waals surface area contributed by atoms with Crippen molar-refractivity contribution in [2.75, 3.05) is 7.11 Å². The number of methoxy groups -OCH3 is 1. The van der Waals surface area contributed by atoms with Crippen molar-refractivity contribution in [1.82, 2.24) is 0 Å². The van der Waals surface area contributed by atoms with Crippen LogP contribution in [0, 0.1) is 0 Å². The number of carbonyl (C=O) groups excluding carboxylic acids is 2. The SMILES string of the molecule is COC(=O)Oc1ccccc1OC(=O)c1ccccc1C(F)(F)F. The second kappa shape index (κ2) is 7.03. The summed E-state index contributed by atoms with van der Waals surface area (Å²) in [5, 5.41) is 0. The predicted octanol–water partition coefficient (Wildman–Crippen LogP) is 4.07. The Kier molecular flexibility index (Phi) is 5.08. The number of halogens is 3. The van der Waals surface area contributed by atoms with Crippen LogP contribution in [0.5, 0.6) is 11.5 Å². The fourth-order valence-corrected chi connectivity index (χ4v) is 1.81. The molecule has 0 aliphatic heterocycles. The topological polar surface area (TPSA) is 61.8 Å². The summed E-state index contributed by atoms with van der Waals surface area (Å²) in [5.74, 6) is -1.61. The standard InChI is InChI=1S/C16H11F3O5/c1-22-15(21)24-13-9-5-4-8-12(13)23-14(20)10-6-2-3-7-11(10)16(17,18)19/h2-9H,1H3. The molecule has 0 spiro atoms. The van der Waals surface area contributed by atoms with Crippen molar-refractivity contribution in [2.45, 2.75) is 6.18 Å². The number of benzene rings is 2. The van der Waals surface area contributed by atoms with E-state index < -0.39 is 29.4 Å². The van der Waals surface area contributed by atoms with Gasteiger partial charge in [0, 0.05) is 0 Å². The second-order valence-corrected chi connectivity index (χ2v) is 4.44. The van der Waals surface area contributed by atoms with Crippen molar-refractivity contribution in [1.29, 1.82) is 0 Å². The van der Waals surface area contributed by atoms with Crippen LogP contribution in [0.15, 0.2) is 48.5 Å². The lowest BCUT2D eigenvalue weighted by atomic mass is 10.1. The zero-order valence-corrected chi connectivity index (χ0v) is 12.3. The van der Waals surface area contributed by atoms with Gasteiger partial charge < -0.3 is 14.2 Å². The van der Waals surface area contributed by atoms with Gasteiger partial charge in [-0.1, -0.05) is 24.3 Å². The van der Waals surface area contributed by atoms with Crippen LogP contribution in [0.3, 0.4) is 0 Å². The van der Waals surface area contributed by atoms with E-state index in [-0.39, 0.29) is 11.5 Å². The molecule has 0 amide bonds. The van der Waals surface area contributed by atoms with E-state index in [4.69, 9.17) is 9.47 Å². The van der Waals surface area contributed by atoms with Crippen LogP contribution in [-0.4, -0.2) is 19.2 Å². The fourth-order valence-electron chi connectivity index (χ4n) is 1.81. The minimum atomic E-state index is -4.71. The Balaban J connectivity index is 2.30. The van der Waals surface area contributed by atoms with E-state index in [9.17, 15) is 22.8 Å². The highest BCUT2D eigenvalue weighted by molar-refractivity contribution is 5.93. The number of carbonyl (C=O) groups is 2. The normalized spacial score (nSPS) is 10.8. The molecule has 24 heavy (non-hydrogen) atoms. The average molecular weight is 340 g/mol. The van der Waals surface area contributed by atoms with Gasteiger partial charge in [0.2, 0.25) is 0 Å². The maximum atomic E-state index is 13.0. The summed E-state index contributed by atoms with van der Waals surface area (Å²) in [5.41, 5.74) is -1.78. The van der Waals surface area contributed by atoms with Gasteiger partial charge >= 0.3 is 18.3 Å². The van der Waals surface area contributed by atoms with Crippen LogP contribution in [-0.2, 0) is 10.9 Å². The van der Waals surface area contributed by atoms with Gasteiger partial charge in [-0.3, -0.25) is 0 Å². The molecule has 0 saturated heterocycles. The molecule has 0 fully saturated rings. The Labute approximate surface area is 134 Å². The molecule has 5 nitrogen and oxygen atoms in total. The zero-order valence-electron chi connectivity index (χ0n) is 12.3. The van der Waals surface area contributed by atoms with Crippen molar-refractivity contribution in [2.24, 2.45) is 0 Å². The highest BCUT2D eigenvalue weighted by atomic mass is 19.4. The van der Waals surface area contributed by atoms with Crippen LogP contribution in [0.1, 0.15) is 15.9 Å². The number of hydrogen-bond donors (Lipinski definition) is 0. The number of ether oxygens (including phenoxy) is 3. The van der Waals surface area contributed by atoms with E-state index in [1.165, 1.54) is 30.3 Å². The van der Waals surface area contributed by atoms with Crippen molar-refractivity contribution >= 4 is 12.1 Å². The molecule has 2 aromatic carbocycles. The summed E-state index contributed by atoms with van der Waals surface area (Å²) < 4.78 is 52.9. The lowest BCUT2D eigenvalue weighted by Gasteiger charge is -2.13. The van der Waals surface area contributed by atoms with Crippen molar-refractivity contribution in [3.63, 3.8) is 0 Å². The molecule has 8 heteroatoms. The molecule has 126 valence electrons. The van der Waals surface area contributed by atoms with Crippen LogP contribution < -0.4 is 9.47 Å². The summed E-state index contributed by atoms with van der Waals surface area (Å²) in [4.78, 5) is 23.2. The van der Waals surface area contributed by atoms with Crippen LogP contribution in [0.2, 0.25) is 0 Å². The Morgan fingerprint density at radius 3 is 2.00 bits per heavy atom. The largest absolute Gasteiger partial charge is 0.513 e. The van der Waals surface area contributed by atoms with Gasteiger partial charge in [0.1, 0.15) is 0 Å². The third kappa shape index (κ3) is 4.03. The zero-order chi connectivity index (χ0) is 17.7. The minimum Gasteiger partial charge on any atom is -0.437 e. The Morgan fingerprint density at radius 1 is 0.875 bits per heavy atom. The molecule has 0 aliphatic rings. The molecule has 0 aromatic heterocycles. The predicted molar refractivity (Wildman–Crippen MR) is 75.9 cm³/mol. The lowest BCUT2D eigenvalue weighted by Crippen LogP contribution is -2.17. The number of rotatable bonds is 3. The van der Waals surface area contributed by atoms with Crippen LogP contribution in [0.25, 0.3) is 0 Å². The molecule has 0 unspecified atom stereocenters. The average Bonchev–Trinajstić information content (AvgIpc) is 2.55. The highest BCUT2D eigenvalue weighted by Crippen LogP contribution is 2.33. The third-order valence-corrected chi connectivity index (χ3v) is 2.86. The second-order valence-electron chi connectivity index (χ2n) is 4.44. The molecule has 2 aromatic rings. The van der Waals surface area contributed by atoms with Crippen LogP contribution >= 0.6 is 0 Å². The van der Waals surface area contributed by atoms with Crippen molar-refractivity contribution < 1.29 is 37.0 Å². The number of hydrogen-bond acceptors (Lipinski definition) is 5. The Hall–Kier alpha value is -3.03. The van der Waals surface area contributed by atoms with E-state index in [0.717, 1.165) is 25.3 Å². The molecule has 0 saturated carbocycles. The highest BCUT2D eigenvalue weighted by Gasteiger charge is 2.35. The van der Waals surface area contributed by atoms with E-state index in [1.54, 1.807) is 0 Å². The van der Waals surface area contributed by atoms with Gasteiger partial charge in [-0.05, 0) is 24.3 Å². The Morgan fingerprint density at radius 2 is 1.42 bits per heavy atom. The number of alkyl halides is 3. The third-order valence-electron chi connectivity index (χ3n) is 2.86. The number of esters is 1. The summed E-state index contributed by atoms with van der Waals surface area (Å²) in [7, 11) is 1.08. The first-order valence-electron chi connectivity index (χ1n) is 6.56. The van der Waals surface area contributed by atoms with E-state index in [1.807, 2.05) is 0 Å². The van der Waals surface area contributed by atoms with Gasteiger partial charge in [0.25, 0.3) is 0 Å².